The number of anilines is 1. The molecule has 0 bridgehead atoms. The van der Waals surface area contributed by atoms with Crippen molar-refractivity contribution in [1.29, 1.82) is 0 Å². The van der Waals surface area contributed by atoms with Crippen molar-refractivity contribution in [3.63, 3.8) is 0 Å². The van der Waals surface area contributed by atoms with Crippen LogP contribution >= 0.6 is 11.6 Å². The van der Waals surface area contributed by atoms with Gasteiger partial charge < -0.3 is 10.6 Å². The van der Waals surface area contributed by atoms with E-state index in [4.69, 9.17) is 11.6 Å². The van der Waals surface area contributed by atoms with E-state index in [2.05, 4.69) is 22.8 Å². The third kappa shape index (κ3) is 3.67. The third-order valence-electron chi connectivity index (χ3n) is 4.04. The molecule has 114 valence electrons. The molecule has 3 rings (SSSR count). The Morgan fingerprint density at radius 2 is 1.82 bits per heavy atom. The molecular weight excluding hydrogens is 296 g/mol. The van der Waals surface area contributed by atoms with Crippen LogP contribution in [0.2, 0.25) is 5.02 Å². The number of hydrogen-bond acceptors (Lipinski definition) is 2. The van der Waals surface area contributed by atoms with E-state index in [9.17, 15) is 4.79 Å². The number of carbonyl (C=O) groups is 1. The standard InChI is InChI=1S/C18H19ClN2O/c19-16-7-3-14(4-8-16)18(22)21-17-9-5-13(6-10-17)15-2-1-11-20-12-15/h3-10,15,20H,1-2,11-12H2,(H,21,22). The van der Waals surface area contributed by atoms with Crippen LogP contribution in [0.4, 0.5) is 5.69 Å². The highest BCUT2D eigenvalue weighted by Crippen LogP contribution is 2.24. The molecule has 1 amide bonds. The molecule has 0 radical (unpaired) electrons. The Bertz CT molecular complexity index is 631. The summed E-state index contributed by atoms with van der Waals surface area (Å²) in [5, 5.41) is 6.96. The lowest BCUT2D eigenvalue weighted by atomic mass is 9.91. The summed E-state index contributed by atoms with van der Waals surface area (Å²) in [6, 6.07) is 15.0. The minimum atomic E-state index is -0.122. The molecule has 1 saturated heterocycles. The summed E-state index contributed by atoms with van der Waals surface area (Å²) in [6.07, 6.45) is 2.45. The van der Waals surface area contributed by atoms with Crippen LogP contribution in [0.25, 0.3) is 0 Å². The Morgan fingerprint density at radius 3 is 2.45 bits per heavy atom. The van der Waals surface area contributed by atoms with E-state index >= 15 is 0 Å². The van der Waals surface area contributed by atoms with Gasteiger partial charge in [-0.25, -0.2) is 0 Å². The molecule has 1 fully saturated rings. The zero-order valence-corrected chi connectivity index (χ0v) is 13.1. The molecule has 1 heterocycles. The first-order valence-corrected chi connectivity index (χ1v) is 7.98. The number of nitrogens with one attached hydrogen (secondary N) is 2. The number of halogens is 1. The van der Waals surface area contributed by atoms with Crippen LogP contribution in [0.5, 0.6) is 0 Å². The Labute approximate surface area is 135 Å². The Kier molecular flexibility index (Phi) is 4.76. The normalized spacial score (nSPS) is 18.0. The van der Waals surface area contributed by atoms with E-state index in [-0.39, 0.29) is 5.91 Å². The third-order valence-corrected chi connectivity index (χ3v) is 4.30. The molecule has 1 unspecified atom stereocenters. The Morgan fingerprint density at radius 1 is 1.09 bits per heavy atom. The molecule has 3 nitrogen and oxygen atoms in total. The van der Waals surface area contributed by atoms with Crippen molar-refractivity contribution in [2.24, 2.45) is 0 Å². The maximum absolute atomic E-state index is 12.1. The summed E-state index contributed by atoms with van der Waals surface area (Å²) in [4.78, 5) is 12.1. The van der Waals surface area contributed by atoms with Gasteiger partial charge in [-0.05, 0) is 67.3 Å². The van der Waals surface area contributed by atoms with Gasteiger partial charge in [-0.1, -0.05) is 23.7 Å². The molecule has 1 aliphatic rings. The molecule has 1 atom stereocenters. The molecule has 2 aromatic rings. The van der Waals surface area contributed by atoms with Crippen LogP contribution in [-0.4, -0.2) is 19.0 Å². The van der Waals surface area contributed by atoms with Crippen molar-refractivity contribution < 1.29 is 4.79 Å². The van der Waals surface area contributed by atoms with Gasteiger partial charge in [0.2, 0.25) is 0 Å². The number of benzene rings is 2. The van der Waals surface area contributed by atoms with Gasteiger partial charge in [0.05, 0.1) is 0 Å². The lowest BCUT2D eigenvalue weighted by molar-refractivity contribution is 0.102. The first-order chi connectivity index (χ1) is 10.7. The van der Waals surface area contributed by atoms with E-state index in [1.165, 1.54) is 18.4 Å². The predicted octanol–water partition coefficient (Wildman–Crippen LogP) is 4.06. The van der Waals surface area contributed by atoms with Gasteiger partial charge in [-0.3, -0.25) is 4.79 Å². The maximum Gasteiger partial charge on any atom is 0.255 e. The Balaban J connectivity index is 1.65. The highest BCUT2D eigenvalue weighted by Gasteiger charge is 2.15. The zero-order valence-electron chi connectivity index (χ0n) is 12.3. The molecule has 22 heavy (non-hydrogen) atoms. The van der Waals surface area contributed by atoms with Crippen LogP contribution < -0.4 is 10.6 Å². The predicted molar refractivity (Wildman–Crippen MR) is 90.7 cm³/mol. The topological polar surface area (TPSA) is 41.1 Å². The summed E-state index contributed by atoms with van der Waals surface area (Å²) < 4.78 is 0. The number of rotatable bonds is 3. The van der Waals surface area contributed by atoms with E-state index < -0.39 is 0 Å². The van der Waals surface area contributed by atoms with E-state index in [1.807, 2.05) is 12.1 Å². The molecule has 2 aromatic carbocycles. The molecule has 2 N–H and O–H groups in total. The maximum atomic E-state index is 12.1. The summed E-state index contributed by atoms with van der Waals surface area (Å²) in [5.41, 5.74) is 2.74. The Hall–Kier alpha value is -1.84. The van der Waals surface area contributed by atoms with Gasteiger partial charge in [0.15, 0.2) is 0 Å². The van der Waals surface area contributed by atoms with Crippen LogP contribution in [0.3, 0.4) is 0 Å². The van der Waals surface area contributed by atoms with Crippen molar-refractivity contribution in [3.05, 3.63) is 64.7 Å². The second-order valence-electron chi connectivity index (χ2n) is 5.63. The number of hydrogen-bond donors (Lipinski definition) is 2. The highest BCUT2D eigenvalue weighted by atomic mass is 35.5. The fourth-order valence-electron chi connectivity index (χ4n) is 2.78. The molecule has 1 aliphatic heterocycles. The van der Waals surface area contributed by atoms with Crippen LogP contribution in [-0.2, 0) is 0 Å². The van der Waals surface area contributed by atoms with E-state index in [0.29, 0.717) is 16.5 Å². The first-order valence-electron chi connectivity index (χ1n) is 7.60. The molecule has 0 aromatic heterocycles. The van der Waals surface area contributed by atoms with Gasteiger partial charge in [0.1, 0.15) is 0 Å². The summed E-state index contributed by atoms with van der Waals surface area (Å²) >= 11 is 5.83. The molecule has 4 heteroatoms. The summed E-state index contributed by atoms with van der Waals surface area (Å²) in [7, 11) is 0. The fraction of sp³-hybridized carbons (Fsp3) is 0.278. The van der Waals surface area contributed by atoms with Gasteiger partial charge in [0.25, 0.3) is 5.91 Å². The molecular formula is C18H19ClN2O. The zero-order chi connectivity index (χ0) is 15.4. The highest BCUT2D eigenvalue weighted by molar-refractivity contribution is 6.30. The van der Waals surface area contributed by atoms with Gasteiger partial charge in [-0.2, -0.15) is 0 Å². The smallest absolute Gasteiger partial charge is 0.255 e. The van der Waals surface area contributed by atoms with Gasteiger partial charge >= 0.3 is 0 Å². The second kappa shape index (κ2) is 6.95. The summed E-state index contributed by atoms with van der Waals surface area (Å²) in [5.74, 6) is 0.457. The average molecular weight is 315 g/mol. The monoisotopic (exact) mass is 314 g/mol. The summed E-state index contributed by atoms with van der Waals surface area (Å²) in [6.45, 7) is 2.15. The first kappa shape index (κ1) is 15.1. The number of amides is 1. The van der Waals surface area contributed by atoms with Gasteiger partial charge in [-0.15, -0.1) is 0 Å². The van der Waals surface area contributed by atoms with Crippen molar-refractivity contribution in [2.75, 3.05) is 18.4 Å². The van der Waals surface area contributed by atoms with Crippen LogP contribution in [0.15, 0.2) is 48.5 Å². The largest absolute Gasteiger partial charge is 0.322 e. The average Bonchev–Trinajstić information content (AvgIpc) is 2.57. The number of piperidine rings is 1. The van der Waals surface area contributed by atoms with Crippen molar-refractivity contribution in [1.82, 2.24) is 5.32 Å². The minimum absolute atomic E-state index is 0.122. The van der Waals surface area contributed by atoms with Crippen molar-refractivity contribution in [2.45, 2.75) is 18.8 Å². The van der Waals surface area contributed by atoms with Gasteiger partial charge in [0, 0.05) is 22.8 Å². The SMILES string of the molecule is O=C(Nc1ccc(C2CCCNC2)cc1)c1ccc(Cl)cc1. The van der Waals surface area contributed by atoms with Crippen LogP contribution in [0.1, 0.15) is 34.7 Å². The molecule has 0 aliphatic carbocycles. The van der Waals surface area contributed by atoms with E-state index in [1.54, 1.807) is 24.3 Å². The lowest BCUT2D eigenvalue weighted by Gasteiger charge is -2.23. The van der Waals surface area contributed by atoms with Crippen molar-refractivity contribution >= 4 is 23.2 Å². The van der Waals surface area contributed by atoms with E-state index in [0.717, 1.165) is 18.8 Å². The van der Waals surface area contributed by atoms with Crippen LogP contribution in [0, 0.1) is 0 Å². The molecule has 0 spiro atoms. The molecule has 0 saturated carbocycles. The number of carbonyl (C=O) groups excluding carboxylic acids is 1. The minimum Gasteiger partial charge on any atom is -0.322 e. The quantitative estimate of drug-likeness (QED) is 0.897. The fourth-order valence-corrected chi connectivity index (χ4v) is 2.91. The van der Waals surface area contributed by atoms with Crippen molar-refractivity contribution in [3.8, 4) is 0 Å². The lowest BCUT2D eigenvalue weighted by Crippen LogP contribution is -2.28. The second-order valence-corrected chi connectivity index (χ2v) is 6.06.